The molecular formula is C20H36O2. The third kappa shape index (κ3) is 19.0. The lowest BCUT2D eigenvalue weighted by Crippen LogP contribution is -1.83. The normalized spacial score (nSPS) is 13.0. The van der Waals surface area contributed by atoms with E-state index in [-0.39, 0.29) is 0 Å². The van der Waals surface area contributed by atoms with Crippen LogP contribution in [0.25, 0.3) is 0 Å². The number of aliphatic hydroxyl groups excluding tert-OH is 1. The number of hydrogen-bond acceptors (Lipinski definition) is 2. The SMILES string of the molecule is C1=CCOC=C1.CCCCC/C=C/CCCCCCCCO. The minimum absolute atomic E-state index is 0.362. The van der Waals surface area contributed by atoms with Crippen LogP contribution in [-0.4, -0.2) is 18.3 Å². The van der Waals surface area contributed by atoms with Crippen LogP contribution in [0.2, 0.25) is 0 Å². The molecule has 1 rings (SSSR count). The van der Waals surface area contributed by atoms with E-state index >= 15 is 0 Å². The number of rotatable bonds is 12. The first-order valence-corrected chi connectivity index (χ1v) is 9.11. The molecule has 1 heterocycles. The Hall–Kier alpha value is -1.02. The summed E-state index contributed by atoms with van der Waals surface area (Å²) in [4.78, 5) is 0. The van der Waals surface area contributed by atoms with Gasteiger partial charge in [0.05, 0.1) is 6.26 Å². The molecule has 0 aromatic heterocycles. The highest BCUT2D eigenvalue weighted by Crippen LogP contribution is 2.08. The molecule has 0 unspecified atom stereocenters. The van der Waals surface area contributed by atoms with Crippen molar-refractivity contribution in [3.05, 3.63) is 36.6 Å². The molecule has 1 aliphatic rings. The predicted molar refractivity (Wildman–Crippen MR) is 96.9 cm³/mol. The van der Waals surface area contributed by atoms with E-state index in [1.807, 2.05) is 18.2 Å². The maximum Gasteiger partial charge on any atom is 0.106 e. The molecule has 22 heavy (non-hydrogen) atoms. The first-order valence-electron chi connectivity index (χ1n) is 9.11. The van der Waals surface area contributed by atoms with Crippen LogP contribution < -0.4 is 0 Å². The molecule has 0 radical (unpaired) electrons. The number of aliphatic hydroxyl groups is 1. The smallest absolute Gasteiger partial charge is 0.106 e. The Morgan fingerprint density at radius 2 is 1.50 bits per heavy atom. The molecular weight excluding hydrogens is 272 g/mol. The van der Waals surface area contributed by atoms with Gasteiger partial charge in [0.15, 0.2) is 0 Å². The van der Waals surface area contributed by atoms with Crippen LogP contribution in [0.1, 0.15) is 77.6 Å². The van der Waals surface area contributed by atoms with Crippen LogP contribution in [0.15, 0.2) is 36.6 Å². The molecule has 128 valence electrons. The molecule has 0 amide bonds. The van der Waals surface area contributed by atoms with Crippen molar-refractivity contribution in [3.63, 3.8) is 0 Å². The Morgan fingerprint density at radius 1 is 0.864 bits per heavy atom. The topological polar surface area (TPSA) is 29.5 Å². The fourth-order valence-electron chi connectivity index (χ4n) is 2.18. The van der Waals surface area contributed by atoms with Gasteiger partial charge in [-0.2, -0.15) is 0 Å². The summed E-state index contributed by atoms with van der Waals surface area (Å²) >= 11 is 0. The Morgan fingerprint density at radius 3 is 1.95 bits per heavy atom. The second kappa shape index (κ2) is 20.0. The van der Waals surface area contributed by atoms with E-state index in [2.05, 4.69) is 19.1 Å². The highest BCUT2D eigenvalue weighted by molar-refractivity contribution is 5.02. The Labute approximate surface area is 138 Å². The maximum absolute atomic E-state index is 8.62. The average Bonchev–Trinajstić information content (AvgIpc) is 2.58. The van der Waals surface area contributed by atoms with E-state index in [1.165, 1.54) is 64.2 Å². The standard InChI is InChI=1S/C15H30O.C5H6O/c1-2-3-4-5-6-7-8-9-10-11-12-13-14-15-16;1-2-4-6-5-3-1/h6-7,16H,2-5,8-15H2,1H3;1-4H,5H2/b7-6+;. The largest absolute Gasteiger partial charge is 0.497 e. The summed E-state index contributed by atoms with van der Waals surface area (Å²) in [6.07, 6.45) is 26.2. The molecule has 0 aromatic carbocycles. The summed E-state index contributed by atoms with van der Waals surface area (Å²) < 4.78 is 4.80. The van der Waals surface area contributed by atoms with Gasteiger partial charge in [-0.25, -0.2) is 0 Å². The fourth-order valence-corrected chi connectivity index (χ4v) is 2.18. The average molecular weight is 309 g/mol. The Balaban J connectivity index is 0.000000604. The zero-order chi connectivity index (χ0) is 16.1. The van der Waals surface area contributed by atoms with Gasteiger partial charge in [-0.15, -0.1) is 0 Å². The molecule has 0 saturated heterocycles. The zero-order valence-electron chi connectivity index (χ0n) is 14.5. The molecule has 2 heteroatoms. The quantitative estimate of drug-likeness (QED) is 0.357. The number of ether oxygens (including phenoxy) is 1. The first kappa shape index (κ1) is 21.0. The van der Waals surface area contributed by atoms with Crippen LogP contribution in [-0.2, 0) is 4.74 Å². The summed E-state index contributed by atoms with van der Waals surface area (Å²) in [6, 6.07) is 0. The lowest BCUT2D eigenvalue weighted by atomic mass is 10.1. The first-order chi connectivity index (χ1) is 10.9. The molecule has 0 aliphatic carbocycles. The second-order valence-corrected chi connectivity index (χ2v) is 5.69. The van der Waals surface area contributed by atoms with Crippen molar-refractivity contribution in [2.24, 2.45) is 0 Å². The second-order valence-electron chi connectivity index (χ2n) is 5.69. The third-order valence-corrected chi connectivity index (χ3v) is 3.53. The summed E-state index contributed by atoms with van der Waals surface area (Å²) in [6.45, 7) is 3.34. The summed E-state index contributed by atoms with van der Waals surface area (Å²) in [5.74, 6) is 0. The molecule has 1 aliphatic heterocycles. The van der Waals surface area contributed by atoms with E-state index in [0.29, 0.717) is 6.61 Å². The van der Waals surface area contributed by atoms with Gasteiger partial charge >= 0.3 is 0 Å². The molecule has 0 bridgehead atoms. The van der Waals surface area contributed by atoms with Crippen LogP contribution >= 0.6 is 0 Å². The minimum Gasteiger partial charge on any atom is -0.497 e. The highest BCUT2D eigenvalue weighted by Gasteiger charge is 1.89. The van der Waals surface area contributed by atoms with Crippen molar-refractivity contribution in [1.29, 1.82) is 0 Å². The van der Waals surface area contributed by atoms with Crippen molar-refractivity contribution in [2.45, 2.75) is 77.6 Å². The lowest BCUT2D eigenvalue weighted by Gasteiger charge is -1.98. The monoisotopic (exact) mass is 308 g/mol. The van der Waals surface area contributed by atoms with E-state index in [1.54, 1.807) is 6.26 Å². The minimum atomic E-state index is 0.362. The zero-order valence-corrected chi connectivity index (χ0v) is 14.5. The number of unbranched alkanes of at least 4 members (excludes halogenated alkanes) is 9. The van der Waals surface area contributed by atoms with Crippen molar-refractivity contribution in [1.82, 2.24) is 0 Å². The molecule has 1 N–H and O–H groups in total. The van der Waals surface area contributed by atoms with Crippen LogP contribution in [0.3, 0.4) is 0 Å². The molecule has 0 spiro atoms. The van der Waals surface area contributed by atoms with Gasteiger partial charge in [-0.05, 0) is 44.3 Å². The van der Waals surface area contributed by atoms with Crippen LogP contribution in [0, 0.1) is 0 Å². The summed E-state index contributed by atoms with van der Waals surface area (Å²) in [5.41, 5.74) is 0. The van der Waals surface area contributed by atoms with Crippen molar-refractivity contribution in [3.8, 4) is 0 Å². The van der Waals surface area contributed by atoms with E-state index in [0.717, 1.165) is 13.0 Å². The van der Waals surface area contributed by atoms with Gasteiger partial charge in [-0.1, -0.05) is 63.7 Å². The molecule has 0 atom stereocenters. The van der Waals surface area contributed by atoms with Gasteiger partial charge in [-0.3, -0.25) is 0 Å². The Kier molecular flexibility index (Phi) is 19.1. The fraction of sp³-hybridized carbons (Fsp3) is 0.700. The summed E-state index contributed by atoms with van der Waals surface area (Å²) in [5, 5.41) is 8.62. The van der Waals surface area contributed by atoms with Crippen molar-refractivity contribution < 1.29 is 9.84 Å². The number of hydrogen-bond donors (Lipinski definition) is 1. The van der Waals surface area contributed by atoms with Crippen LogP contribution in [0.4, 0.5) is 0 Å². The van der Waals surface area contributed by atoms with Gasteiger partial charge in [0.1, 0.15) is 6.61 Å². The van der Waals surface area contributed by atoms with Gasteiger partial charge in [0, 0.05) is 6.61 Å². The highest BCUT2D eigenvalue weighted by atomic mass is 16.5. The predicted octanol–water partition coefficient (Wildman–Crippen LogP) is 5.93. The van der Waals surface area contributed by atoms with E-state index in [9.17, 15) is 0 Å². The molecule has 2 nitrogen and oxygen atoms in total. The van der Waals surface area contributed by atoms with Gasteiger partial charge in [0.25, 0.3) is 0 Å². The maximum atomic E-state index is 8.62. The lowest BCUT2D eigenvalue weighted by molar-refractivity contribution is 0.282. The van der Waals surface area contributed by atoms with E-state index in [4.69, 9.17) is 9.84 Å². The molecule has 0 aromatic rings. The Bertz CT molecular complexity index is 267. The van der Waals surface area contributed by atoms with Gasteiger partial charge < -0.3 is 9.84 Å². The molecule has 0 fully saturated rings. The summed E-state index contributed by atoms with van der Waals surface area (Å²) in [7, 11) is 0. The van der Waals surface area contributed by atoms with Crippen molar-refractivity contribution in [2.75, 3.05) is 13.2 Å². The number of allylic oxidation sites excluding steroid dienone is 4. The van der Waals surface area contributed by atoms with Crippen LogP contribution in [0.5, 0.6) is 0 Å². The van der Waals surface area contributed by atoms with Crippen molar-refractivity contribution >= 4 is 0 Å². The van der Waals surface area contributed by atoms with Gasteiger partial charge in [0.2, 0.25) is 0 Å². The van der Waals surface area contributed by atoms with E-state index < -0.39 is 0 Å². The molecule has 0 saturated carbocycles. The third-order valence-electron chi connectivity index (χ3n) is 3.53.